The molecule has 0 atom stereocenters. The lowest BCUT2D eigenvalue weighted by molar-refractivity contribution is 0.545. The molecule has 0 fully saturated rings. The first kappa shape index (κ1) is 13.7. The highest BCUT2D eigenvalue weighted by molar-refractivity contribution is 6.33. The Morgan fingerprint density at radius 1 is 1.29 bits per heavy atom. The maximum atomic E-state index is 13.2. The van der Waals surface area contributed by atoms with Gasteiger partial charge >= 0.3 is 0 Å². The largest absolute Gasteiger partial charge is 0.460 e. The summed E-state index contributed by atoms with van der Waals surface area (Å²) in [6.07, 6.45) is 0. The average molecular weight is 306 g/mol. The average Bonchev–Trinajstić information content (AvgIpc) is 2.96. The number of hydrogen-bond donors (Lipinski definition) is 1. The Bertz CT molecular complexity index is 822. The molecule has 2 N–H and O–H groups in total. The molecule has 3 aromatic rings. The van der Waals surface area contributed by atoms with Gasteiger partial charge in [0.1, 0.15) is 23.1 Å². The van der Waals surface area contributed by atoms with Gasteiger partial charge in [0.05, 0.1) is 10.6 Å². The van der Waals surface area contributed by atoms with Crippen LogP contribution in [-0.4, -0.2) is 9.78 Å². The predicted molar refractivity (Wildman–Crippen MR) is 80.5 cm³/mol. The van der Waals surface area contributed by atoms with Crippen molar-refractivity contribution >= 4 is 17.4 Å². The number of nitrogen functional groups attached to an aromatic ring is 1. The Kier molecular flexibility index (Phi) is 3.22. The SMILES string of the molecule is Cc1ccc(-c2nn(C)c(N)c2-c2ccc(F)cc2Cl)o1. The predicted octanol–water partition coefficient (Wildman–Crippen LogP) is 4.03. The molecule has 0 bridgehead atoms. The molecule has 1 aromatic carbocycles. The second-order valence-corrected chi connectivity index (χ2v) is 5.17. The molecule has 21 heavy (non-hydrogen) atoms. The Labute approximate surface area is 125 Å². The molecule has 0 aliphatic rings. The number of halogens is 2. The van der Waals surface area contributed by atoms with E-state index in [0.29, 0.717) is 28.4 Å². The molecule has 0 saturated heterocycles. The second kappa shape index (κ2) is 4.93. The standard InChI is InChI=1S/C15H13ClFN3O/c1-8-3-6-12(21-8)14-13(15(18)20(2)19-14)10-5-4-9(17)7-11(10)16/h3-7H,18H2,1-2H3. The highest BCUT2D eigenvalue weighted by atomic mass is 35.5. The third-order valence-corrected chi connectivity index (χ3v) is 3.58. The number of rotatable bonds is 2. The van der Waals surface area contributed by atoms with Crippen LogP contribution in [0.4, 0.5) is 10.2 Å². The topological polar surface area (TPSA) is 57.0 Å². The van der Waals surface area contributed by atoms with Gasteiger partial charge in [-0.15, -0.1) is 0 Å². The lowest BCUT2D eigenvalue weighted by atomic mass is 10.0. The van der Waals surface area contributed by atoms with Crippen molar-refractivity contribution in [3.05, 3.63) is 46.9 Å². The van der Waals surface area contributed by atoms with Crippen molar-refractivity contribution in [2.75, 3.05) is 5.73 Å². The Morgan fingerprint density at radius 2 is 2.05 bits per heavy atom. The van der Waals surface area contributed by atoms with E-state index < -0.39 is 5.82 Å². The van der Waals surface area contributed by atoms with Gasteiger partial charge in [-0.25, -0.2) is 4.39 Å². The van der Waals surface area contributed by atoms with Crippen LogP contribution in [0.1, 0.15) is 5.76 Å². The number of benzene rings is 1. The van der Waals surface area contributed by atoms with Gasteiger partial charge in [0.15, 0.2) is 5.76 Å². The van der Waals surface area contributed by atoms with Crippen LogP contribution in [0.2, 0.25) is 5.02 Å². The fourth-order valence-electron chi connectivity index (χ4n) is 2.23. The number of anilines is 1. The molecule has 0 saturated carbocycles. The van der Waals surface area contributed by atoms with Crippen LogP contribution in [0, 0.1) is 12.7 Å². The fourth-order valence-corrected chi connectivity index (χ4v) is 2.49. The third kappa shape index (κ3) is 2.29. The summed E-state index contributed by atoms with van der Waals surface area (Å²) in [5.41, 5.74) is 7.93. The van der Waals surface area contributed by atoms with Gasteiger partial charge in [-0.3, -0.25) is 4.68 Å². The number of aryl methyl sites for hydroxylation is 2. The minimum Gasteiger partial charge on any atom is -0.460 e. The van der Waals surface area contributed by atoms with Crippen molar-refractivity contribution in [2.24, 2.45) is 7.05 Å². The van der Waals surface area contributed by atoms with Gasteiger partial charge < -0.3 is 10.2 Å². The Balaban J connectivity index is 2.26. The molecule has 0 spiro atoms. The number of nitrogens with two attached hydrogens (primary N) is 1. The molecule has 2 heterocycles. The molecule has 0 amide bonds. The molecule has 0 radical (unpaired) electrons. The minimum absolute atomic E-state index is 0.277. The van der Waals surface area contributed by atoms with Crippen molar-refractivity contribution in [2.45, 2.75) is 6.92 Å². The van der Waals surface area contributed by atoms with E-state index in [9.17, 15) is 4.39 Å². The smallest absolute Gasteiger partial charge is 0.155 e. The van der Waals surface area contributed by atoms with Crippen molar-refractivity contribution in [3.8, 4) is 22.6 Å². The maximum Gasteiger partial charge on any atom is 0.155 e. The van der Waals surface area contributed by atoms with Gasteiger partial charge in [0.2, 0.25) is 0 Å². The second-order valence-electron chi connectivity index (χ2n) is 4.77. The zero-order chi connectivity index (χ0) is 15.1. The summed E-state index contributed by atoms with van der Waals surface area (Å²) in [4.78, 5) is 0. The highest BCUT2D eigenvalue weighted by Crippen LogP contribution is 2.39. The van der Waals surface area contributed by atoms with E-state index in [0.717, 1.165) is 5.76 Å². The number of aromatic nitrogens is 2. The molecule has 0 aliphatic heterocycles. The molecule has 0 aliphatic carbocycles. The summed E-state index contributed by atoms with van der Waals surface area (Å²) in [7, 11) is 1.73. The van der Waals surface area contributed by atoms with Crippen LogP contribution in [-0.2, 0) is 7.05 Å². The molecular weight excluding hydrogens is 293 g/mol. The summed E-state index contributed by atoms with van der Waals surface area (Å²) in [5.74, 6) is 1.40. The number of furan rings is 1. The molecule has 108 valence electrons. The van der Waals surface area contributed by atoms with Crippen LogP contribution in [0.3, 0.4) is 0 Å². The summed E-state index contributed by atoms with van der Waals surface area (Å²) < 4.78 is 20.4. The van der Waals surface area contributed by atoms with E-state index in [1.165, 1.54) is 12.1 Å². The number of nitrogens with zero attached hydrogens (tertiary/aromatic N) is 2. The Morgan fingerprint density at radius 3 is 2.67 bits per heavy atom. The van der Waals surface area contributed by atoms with E-state index in [1.54, 1.807) is 17.8 Å². The highest BCUT2D eigenvalue weighted by Gasteiger charge is 2.21. The number of hydrogen-bond acceptors (Lipinski definition) is 3. The van der Waals surface area contributed by atoms with Crippen molar-refractivity contribution in [3.63, 3.8) is 0 Å². The van der Waals surface area contributed by atoms with E-state index >= 15 is 0 Å². The van der Waals surface area contributed by atoms with Gasteiger partial charge in [-0.05, 0) is 37.3 Å². The first-order chi connectivity index (χ1) is 9.97. The van der Waals surface area contributed by atoms with Crippen LogP contribution in [0.25, 0.3) is 22.6 Å². The van der Waals surface area contributed by atoms with Crippen LogP contribution in [0.15, 0.2) is 34.7 Å². The monoisotopic (exact) mass is 305 g/mol. The summed E-state index contributed by atoms with van der Waals surface area (Å²) in [6.45, 7) is 1.85. The van der Waals surface area contributed by atoms with Gasteiger partial charge in [-0.2, -0.15) is 5.10 Å². The van der Waals surface area contributed by atoms with Crippen LogP contribution in [0.5, 0.6) is 0 Å². The van der Waals surface area contributed by atoms with E-state index in [-0.39, 0.29) is 5.02 Å². The van der Waals surface area contributed by atoms with Gasteiger partial charge in [0.25, 0.3) is 0 Å². The normalized spacial score (nSPS) is 11.0. The zero-order valence-corrected chi connectivity index (χ0v) is 12.3. The first-order valence-corrected chi connectivity index (χ1v) is 6.70. The van der Waals surface area contributed by atoms with E-state index in [1.807, 2.05) is 19.1 Å². The van der Waals surface area contributed by atoms with Gasteiger partial charge in [-0.1, -0.05) is 11.6 Å². The van der Waals surface area contributed by atoms with Crippen molar-refractivity contribution in [1.82, 2.24) is 9.78 Å². The summed E-state index contributed by atoms with van der Waals surface area (Å²) in [5, 5.41) is 4.66. The molecule has 0 unspecified atom stereocenters. The molecular formula is C15H13ClFN3O. The van der Waals surface area contributed by atoms with E-state index in [2.05, 4.69) is 5.10 Å². The lowest BCUT2D eigenvalue weighted by Crippen LogP contribution is -1.98. The third-order valence-electron chi connectivity index (χ3n) is 3.27. The summed E-state index contributed by atoms with van der Waals surface area (Å²) >= 11 is 6.15. The molecule has 2 aromatic heterocycles. The van der Waals surface area contributed by atoms with Crippen molar-refractivity contribution < 1.29 is 8.81 Å². The molecule has 4 nitrogen and oxygen atoms in total. The first-order valence-electron chi connectivity index (χ1n) is 6.32. The fraction of sp³-hybridized carbons (Fsp3) is 0.133. The molecule has 6 heteroatoms. The van der Waals surface area contributed by atoms with Crippen LogP contribution >= 0.6 is 11.6 Å². The summed E-state index contributed by atoms with van der Waals surface area (Å²) in [6, 6.07) is 7.84. The molecule has 3 rings (SSSR count). The quantitative estimate of drug-likeness (QED) is 0.777. The minimum atomic E-state index is -0.401. The maximum absolute atomic E-state index is 13.2. The Hall–Kier alpha value is -2.27. The van der Waals surface area contributed by atoms with Crippen LogP contribution < -0.4 is 5.73 Å². The van der Waals surface area contributed by atoms with Crippen molar-refractivity contribution in [1.29, 1.82) is 0 Å². The lowest BCUT2D eigenvalue weighted by Gasteiger charge is -2.05. The van der Waals surface area contributed by atoms with E-state index in [4.69, 9.17) is 21.8 Å². The van der Waals surface area contributed by atoms with Gasteiger partial charge in [0, 0.05) is 12.6 Å². The zero-order valence-electron chi connectivity index (χ0n) is 11.5.